The van der Waals surface area contributed by atoms with Crippen LogP contribution in [0, 0.1) is 5.92 Å². The maximum Gasteiger partial charge on any atom is 0.123 e. The van der Waals surface area contributed by atoms with Gasteiger partial charge in [-0.15, -0.1) is 0 Å². The first-order valence-electron chi connectivity index (χ1n) is 4.89. The predicted molar refractivity (Wildman–Crippen MR) is 51.6 cm³/mol. The Morgan fingerprint density at radius 1 is 1.54 bits per heavy atom. The molecule has 1 heterocycles. The van der Waals surface area contributed by atoms with Crippen LogP contribution in [-0.4, -0.2) is 10.9 Å². The largest absolute Gasteiger partial charge is 0.354 e. The van der Waals surface area contributed by atoms with Crippen LogP contribution in [0.15, 0.2) is 18.3 Å². The van der Waals surface area contributed by atoms with Gasteiger partial charge in [-0.25, -0.2) is 0 Å². The molecule has 1 aliphatic rings. The zero-order valence-corrected chi connectivity index (χ0v) is 7.94. The van der Waals surface area contributed by atoms with Gasteiger partial charge in [-0.3, -0.25) is 0 Å². The van der Waals surface area contributed by atoms with Gasteiger partial charge in [-0.1, -0.05) is 6.42 Å². The Labute approximate surface area is 78.6 Å². The second kappa shape index (κ2) is 3.36. The molecule has 0 aliphatic heterocycles. The van der Waals surface area contributed by atoms with E-state index in [1.165, 1.54) is 18.5 Å². The summed E-state index contributed by atoms with van der Waals surface area (Å²) in [7, 11) is 2.05. The first kappa shape index (κ1) is 8.54. The molecular formula is C11H15NO. The number of aromatic nitrogens is 1. The van der Waals surface area contributed by atoms with E-state index in [-0.39, 0.29) is 5.92 Å². The number of carbonyl (C=O) groups is 1. The summed E-state index contributed by atoms with van der Waals surface area (Å²) in [4.78, 5) is 10.8. The van der Waals surface area contributed by atoms with E-state index in [0.29, 0.717) is 5.92 Å². The van der Waals surface area contributed by atoms with Gasteiger partial charge in [0.1, 0.15) is 6.29 Å². The normalized spacial score (nSPS) is 27.8. The Morgan fingerprint density at radius 2 is 2.38 bits per heavy atom. The molecule has 0 radical (unpaired) electrons. The van der Waals surface area contributed by atoms with Gasteiger partial charge in [0, 0.05) is 30.8 Å². The second-order valence-corrected chi connectivity index (χ2v) is 3.88. The highest BCUT2D eigenvalue weighted by Crippen LogP contribution is 2.38. The Kier molecular flexibility index (Phi) is 2.21. The molecule has 2 nitrogen and oxygen atoms in total. The molecule has 0 bridgehead atoms. The van der Waals surface area contributed by atoms with Crippen molar-refractivity contribution in [2.45, 2.75) is 25.2 Å². The van der Waals surface area contributed by atoms with Gasteiger partial charge in [0.15, 0.2) is 0 Å². The lowest BCUT2D eigenvalue weighted by Crippen LogP contribution is -2.10. The smallest absolute Gasteiger partial charge is 0.123 e. The van der Waals surface area contributed by atoms with Gasteiger partial charge in [-0.05, 0) is 25.0 Å². The highest BCUT2D eigenvalue weighted by Gasteiger charge is 2.29. The predicted octanol–water partition coefficient (Wildman–Crippen LogP) is 2.11. The molecule has 1 fully saturated rings. The molecule has 2 rings (SSSR count). The quantitative estimate of drug-likeness (QED) is 0.634. The van der Waals surface area contributed by atoms with Gasteiger partial charge in [-0.2, -0.15) is 0 Å². The molecule has 1 aromatic rings. The molecule has 70 valence electrons. The van der Waals surface area contributed by atoms with Gasteiger partial charge >= 0.3 is 0 Å². The minimum absolute atomic E-state index is 0.258. The van der Waals surface area contributed by atoms with Crippen LogP contribution in [0.1, 0.15) is 30.9 Å². The van der Waals surface area contributed by atoms with Crippen molar-refractivity contribution in [2.75, 3.05) is 0 Å². The van der Waals surface area contributed by atoms with E-state index in [1.54, 1.807) is 0 Å². The molecule has 2 heteroatoms. The van der Waals surface area contributed by atoms with Crippen LogP contribution in [0.3, 0.4) is 0 Å². The van der Waals surface area contributed by atoms with Crippen molar-refractivity contribution in [3.05, 3.63) is 24.0 Å². The maximum atomic E-state index is 10.8. The number of nitrogens with zero attached hydrogens (tertiary/aromatic N) is 1. The molecule has 0 spiro atoms. The van der Waals surface area contributed by atoms with Gasteiger partial charge < -0.3 is 9.36 Å². The first-order valence-corrected chi connectivity index (χ1v) is 4.89. The lowest BCUT2D eigenvalue weighted by Gasteiger charge is -2.15. The maximum absolute atomic E-state index is 10.8. The van der Waals surface area contributed by atoms with E-state index in [0.717, 1.165) is 12.7 Å². The Hall–Kier alpha value is -1.05. The summed E-state index contributed by atoms with van der Waals surface area (Å²) in [5, 5.41) is 0. The number of aldehydes is 1. The molecule has 0 unspecified atom stereocenters. The molecule has 2 atom stereocenters. The topological polar surface area (TPSA) is 22.0 Å². The Balaban J connectivity index is 2.25. The molecule has 1 saturated carbocycles. The van der Waals surface area contributed by atoms with Crippen LogP contribution in [0.5, 0.6) is 0 Å². The summed E-state index contributed by atoms with van der Waals surface area (Å²) in [5.41, 5.74) is 1.31. The van der Waals surface area contributed by atoms with E-state index >= 15 is 0 Å². The summed E-state index contributed by atoms with van der Waals surface area (Å²) < 4.78 is 2.13. The SMILES string of the molecule is Cn1cccc1[C@H]1CCC[C@@H]1C=O. The third-order valence-corrected chi connectivity index (χ3v) is 3.11. The van der Waals surface area contributed by atoms with Crippen molar-refractivity contribution < 1.29 is 4.79 Å². The molecule has 0 saturated heterocycles. The fraction of sp³-hybridized carbons (Fsp3) is 0.545. The average Bonchev–Trinajstić information content (AvgIpc) is 2.71. The number of rotatable bonds is 2. The second-order valence-electron chi connectivity index (χ2n) is 3.88. The van der Waals surface area contributed by atoms with Crippen LogP contribution in [0.25, 0.3) is 0 Å². The highest BCUT2D eigenvalue weighted by atomic mass is 16.1. The van der Waals surface area contributed by atoms with Crippen LogP contribution in [0.2, 0.25) is 0 Å². The van der Waals surface area contributed by atoms with E-state index in [4.69, 9.17) is 0 Å². The zero-order valence-electron chi connectivity index (χ0n) is 7.94. The van der Waals surface area contributed by atoms with Crippen LogP contribution in [0.4, 0.5) is 0 Å². The van der Waals surface area contributed by atoms with Crippen molar-refractivity contribution in [3.8, 4) is 0 Å². The van der Waals surface area contributed by atoms with Crippen LogP contribution >= 0.6 is 0 Å². The lowest BCUT2D eigenvalue weighted by atomic mass is 9.94. The molecule has 1 aliphatic carbocycles. The van der Waals surface area contributed by atoms with Crippen LogP contribution in [-0.2, 0) is 11.8 Å². The molecule has 13 heavy (non-hydrogen) atoms. The number of hydrogen-bond donors (Lipinski definition) is 0. The number of carbonyl (C=O) groups excluding carboxylic acids is 1. The Morgan fingerprint density at radius 3 is 3.00 bits per heavy atom. The molecule has 0 amide bonds. The van der Waals surface area contributed by atoms with E-state index in [9.17, 15) is 4.79 Å². The molecule has 0 N–H and O–H groups in total. The summed E-state index contributed by atoms with van der Waals surface area (Å²) in [6.07, 6.45) is 6.61. The molecular weight excluding hydrogens is 162 g/mol. The van der Waals surface area contributed by atoms with Crippen molar-refractivity contribution >= 4 is 6.29 Å². The standard InChI is InChI=1S/C11H15NO/c1-12-7-3-6-11(12)10-5-2-4-9(10)8-13/h3,6-10H,2,4-5H2,1H3/t9-,10+/m1/s1. The summed E-state index contributed by atoms with van der Waals surface area (Å²) in [5.74, 6) is 0.728. The molecule has 1 aromatic heterocycles. The van der Waals surface area contributed by atoms with E-state index < -0.39 is 0 Å². The van der Waals surface area contributed by atoms with E-state index in [2.05, 4.69) is 29.9 Å². The van der Waals surface area contributed by atoms with Crippen LogP contribution < -0.4 is 0 Å². The third kappa shape index (κ3) is 1.41. The minimum atomic E-state index is 0.258. The van der Waals surface area contributed by atoms with E-state index in [1.807, 2.05) is 0 Å². The number of aryl methyl sites for hydroxylation is 1. The Bertz CT molecular complexity index is 303. The minimum Gasteiger partial charge on any atom is -0.354 e. The van der Waals surface area contributed by atoms with Crippen molar-refractivity contribution in [2.24, 2.45) is 13.0 Å². The summed E-state index contributed by atoms with van der Waals surface area (Å²) in [6.45, 7) is 0. The van der Waals surface area contributed by atoms with Crippen molar-refractivity contribution in [3.63, 3.8) is 0 Å². The van der Waals surface area contributed by atoms with Crippen molar-refractivity contribution in [1.29, 1.82) is 0 Å². The lowest BCUT2D eigenvalue weighted by molar-refractivity contribution is -0.111. The fourth-order valence-corrected chi connectivity index (χ4v) is 2.38. The highest BCUT2D eigenvalue weighted by molar-refractivity contribution is 5.56. The first-order chi connectivity index (χ1) is 6.33. The number of hydrogen-bond acceptors (Lipinski definition) is 1. The summed E-state index contributed by atoms with van der Waals surface area (Å²) in [6, 6.07) is 4.18. The monoisotopic (exact) mass is 177 g/mol. The van der Waals surface area contributed by atoms with Gasteiger partial charge in [0.2, 0.25) is 0 Å². The average molecular weight is 177 g/mol. The van der Waals surface area contributed by atoms with Crippen molar-refractivity contribution in [1.82, 2.24) is 4.57 Å². The fourth-order valence-electron chi connectivity index (χ4n) is 2.38. The molecule has 0 aromatic carbocycles. The third-order valence-electron chi connectivity index (χ3n) is 3.11. The van der Waals surface area contributed by atoms with Gasteiger partial charge in [0.25, 0.3) is 0 Å². The van der Waals surface area contributed by atoms with Gasteiger partial charge in [0.05, 0.1) is 0 Å². The zero-order chi connectivity index (χ0) is 9.26. The summed E-state index contributed by atoms with van der Waals surface area (Å²) >= 11 is 0.